The number of alkyl halides is 2. The lowest BCUT2D eigenvalue weighted by molar-refractivity contribution is -0.150. The normalized spacial score (nSPS) is 17.4. The fourth-order valence-corrected chi connectivity index (χ4v) is 2.39. The van der Waals surface area contributed by atoms with E-state index in [0.29, 0.717) is 18.5 Å². The van der Waals surface area contributed by atoms with Crippen LogP contribution in [0.3, 0.4) is 0 Å². The van der Waals surface area contributed by atoms with Crippen LogP contribution in [0.25, 0.3) is 0 Å². The van der Waals surface area contributed by atoms with Gasteiger partial charge in [0.15, 0.2) is 0 Å². The van der Waals surface area contributed by atoms with Crippen molar-refractivity contribution in [2.75, 3.05) is 5.32 Å². The monoisotopic (exact) mass is 253 g/mol. The van der Waals surface area contributed by atoms with E-state index >= 15 is 0 Å². The Morgan fingerprint density at radius 2 is 1.72 bits per heavy atom. The van der Waals surface area contributed by atoms with Gasteiger partial charge in [-0.3, -0.25) is 4.79 Å². The molecule has 98 valence electrons. The van der Waals surface area contributed by atoms with Crippen molar-refractivity contribution in [3.8, 4) is 0 Å². The molecule has 1 amide bonds. The van der Waals surface area contributed by atoms with Gasteiger partial charge in [-0.25, -0.2) is 0 Å². The minimum atomic E-state index is -3.27. The number of hydrogen-bond donors (Lipinski definition) is 1. The summed E-state index contributed by atoms with van der Waals surface area (Å²) in [5, 5.41) is 2.29. The van der Waals surface area contributed by atoms with E-state index in [1.54, 1.807) is 30.3 Å². The number of benzene rings is 1. The van der Waals surface area contributed by atoms with E-state index in [2.05, 4.69) is 5.32 Å². The van der Waals surface area contributed by atoms with Crippen LogP contribution >= 0.6 is 0 Å². The number of halogens is 2. The lowest BCUT2D eigenvalue weighted by Gasteiger charge is -2.28. The number of rotatable bonds is 3. The number of carbonyl (C=O) groups is 1. The molecule has 0 bridgehead atoms. The Bertz CT molecular complexity index is 400. The lowest BCUT2D eigenvalue weighted by Crippen LogP contribution is -2.42. The molecule has 0 radical (unpaired) electrons. The molecule has 2 nitrogen and oxygen atoms in total. The molecular weight excluding hydrogens is 236 g/mol. The van der Waals surface area contributed by atoms with Crippen LogP contribution in [0.5, 0.6) is 0 Å². The molecule has 1 saturated carbocycles. The van der Waals surface area contributed by atoms with Gasteiger partial charge in [0.1, 0.15) is 0 Å². The summed E-state index contributed by atoms with van der Waals surface area (Å²) in [7, 11) is 0. The van der Waals surface area contributed by atoms with Gasteiger partial charge in [-0.2, -0.15) is 8.78 Å². The van der Waals surface area contributed by atoms with Crippen molar-refractivity contribution in [1.82, 2.24) is 0 Å². The Morgan fingerprint density at radius 1 is 1.11 bits per heavy atom. The van der Waals surface area contributed by atoms with Crippen LogP contribution in [0.1, 0.15) is 32.1 Å². The van der Waals surface area contributed by atoms with Gasteiger partial charge in [-0.05, 0) is 25.0 Å². The van der Waals surface area contributed by atoms with Crippen LogP contribution in [0.2, 0.25) is 0 Å². The second kappa shape index (κ2) is 5.46. The van der Waals surface area contributed by atoms with Gasteiger partial charge in [0.05, 0.1) is 0 Å². The first kappa shape index (κ1) is 13.0. The van der Waals surface area contributed by atoms with Crippen molar-refractivity contribution in [3.05, 3.63) is 30.3 Å². The molecule has 0 unspecified atom stereocenters. The highest BCUT2D eigenvalue weighted by Gasteiger charge is 2.46. The van der Waals surface area contributed by atoms with Crippen molar-refractivity contribution >= 4 is 11.6 Å². The summed E-state index contributed by atoms with van der Waals surface area (Å²) >= 11 is 0. The van der Waals surface area contributed by atoms with E-state index in [4.69, 9.17) is 0 Å². The Labute approximate surface area is 105 Å². The molecule has 0 spiro atoms. The summed E-state index contributed by atoms with van der Waals surface area (Å²) in [5.74, 6) is -5.26. The molecule has 0 aliphatic heterocycles. The van der Waals surface area contributed by atoms with Gasteiger partial charge < -0.3 is 5.32 Å². The summed E-state index contributed by atoms with van der Waals surface area (Å²) in [6.45, 7) is 0. The Morgan fingerprint density at radius 3 is 2.33 bits per heavy atom. The van der Waals surface area contributed by atoms with Gasteiger partial charge in [0, 0.05) is 11.6 Å². The zero-order valence-electron chi connectivity index (χ0n) is 10.2. The Balaban J connectivity index is 2.02. The minimum Gasteiger partial charge on any atom is -0.321 e. The summed E-state index contributed by atoms with van der Waals surface area (Å²) in [4.78, 5) is 11.7. The second-order valence-electron chi connectivity index (χ2n) is 4.78. The number of nitrogens with one attached hydrogen (secondary N) is 1. The van der Waals surface area contributed by atoms with Crippen LogP contribution in [0.4, 0.5) is 14.5 Å². The van der Waals surface area contributed by atoms with Crippen LogP contribution in [0, 0.1) is 5.92 Å². The maximum Gasteiger partial charge on any atom is 0.327 e. The van der Waals surface area contributed by atoms with Gasteiger partial charge >= 0.3 is 5.92 Å². The molecule has 2 rings (SSSR count). The van der Waals surface area contributed by atoms with Crippen LogP contribution in [-0.2, 0) is 4.79 Å². The maximum atomic E-state index is 14.0. The highest BCUT2D eigenvalue weighted by Crippen LogP contribution is 2.37. The third kappa shape index (κ3) is 2.86. The van der Waals surface area contributed by atoms with Gasteiger partial charge in [0.2, 0.25) is 0 Å². The van der Waals surface area contributed by atoms with Gasteiger partial charge in [-0.15, -0.1) is 0 Å². The van der Waals surface area contributed by atoms with E-state index in [9.17, 15) is 13.6 Å². The molecule has 1 aliphatic rings. The van der Waals surface area contributed by atoms with Crippen molar-refractivity contribution in [2.24, 2.45) is 5.92 Å². The molecule has 0 heterocycles. The average Bonchev–Trinajstić information content (AvgIpc) is 2.41. The third-order valence-corrected chi connectivity index (χ3v) is 3.45. The lowest BCUT2D eigenvalue weighted by atomic mass is 9.84. The molecule has 1 aromatic rings. The fraction of sp³-hybridized carbons (Fsp3) is 0.500. The van der Waals surface area contributed by atoms with E-state index in [-0.39, 0.29) is 0 Å². The zero-order chi connectivity index (χ0) is 13.0. The highest BCUT2D eigenvalue weighted by molar-refractivity contribution is 5.96. The SMILES string of the molecule is O=C(Nc1ccccc1)C(F)(F)C1CCCCC1. The molecular formula is C14H17F2NO. The minimum absolute atomic E-state index is 0.415. The molecule has 1 aliphatic carbocycles. The van der Waals surface area contributed by atoms with Gasteiger partial charge in [-0.1, -0.05) is 37.5 Å². The Hall–Kier alpha value is -1.45. The average molecular weight is 253 g/mol. The first-order valence-electron chi connectivity index (χ1n) is 6.35. The van der Waals surface area contributed by atoms with E-state index < -0.39 is 17.7 Å². The number of hydrogen-bond acceptors (Lipinski definition) is 1. The molecule has 4 heteroatoms. The molecule has 1 fully saturated rings. The van der Waals surface area contributed by atoms with Crippen molar-refractivity contribution in [2.45, 2.75) is 38.0 Å². The molecule has 0 aromatic heterocycles. The second-order valence-corrected chi connectivity index (χ2v) is 4.78. The fourth-order valence-electron chi connectivity index (χ4n) is 2.39. The molecule has 0 saturated heterocycles. The summed E-state index contributed by atoms with van der Waals surface area (Å²) in [6, 6.07) is 8.39. The first-order chi connectivity index (χ1) is 8.60. The van der Waals surface area contributed by atoms with Crippen molar-refractivity contribution < 1.29 is 13.6 Å². The zero-order valence-corrected chi connectivity index (χ0v) is 10.2. The van der Waals surface area contributed by atoms with E-state index in [1.807, 2.05) is 0 Å². The first-order valence-corrected chi connectivity index (χ1v) is 6.35. The van der Waals surface area contributed by atoms with Gasteiger partial charge in [0.25, 0.3) is 5.91 Å². The number of carbonyl (C=O) groups excluding carboxylic acids is 1. The van der Waals surface area contributed by atoms with Crippen LogP contribution < -0.4 is 5.32 Å². The predicted molar refractivity (Wildman–Crippen MR) is 66.6 cm³/mol. The largest absolute Gasteiger partial charge is 0.327 e. The van der Waals surface area contributed by atoms with Crippen molar-refractivity contribution in [1.29, 1.82) is 0 Å². The third-order valence-electron chi connectivity index (χ3n) is 3.45. The predicted octanol–water partition coefficient (Wildman–Crippen LogP) is 3.84. The summed E-state index contributed by atoms with van der Waals surface area (Å²) in [6.07, 6.45) is 3.45. The number of amides is 1. The molecule has 0 atom stereocenters. The summed E-state index contributed by atoms with van der Waals surface area (Å²) in [5.41, 5.74) is 0.415. The smallest absolute Gasteiger partial charge is 0.321 e. The number of para-hydroxylation sites is 1. The number of anilines is 1. The molecule has 1 aromatic carbocycles. The quantitative estimate of drug-likeness (QED) is 0.871. The van der Waals surface area contributed by atoms with E-state index in [1.165, 1.54) is 0 Å². The van der Waals surface area contributed by atoms with Crippen LogP contribution in [-0.4, -0.2) is 11.8 Å². The maximum absolute atomic E-state index is 14.0. The van der Waals surface area contributed by atoms with Crippen LogP contribution in [0.15, 0.2) is 30.3 Å². The Kier molecular flexibility index (Phi) is 3.94. The summed E-state index contributed by atoms with van der Waals surface area (Å²) < 4.78 is 28.0. The molecule has 1 N–H and O–H groups in total. The topological polar surface area (TPSA) is 29.1 Å². The van der Waals surface area contributed by atoms with E-state index in [0.717, 1.165) is 19.3 Å². The standard InChI is InChI=1S/C14H17F2NO/c15-14(16,11-7-3-1-4-8-11)13(18)17-12-9-5-2-6-10-12/h2,5-6,9-11H,1,3-4,7-8H2,(H,17,18). The highest BCUT2D eigenvalue weighted by atomic mass is 19.3. The molecule has 18 heavy (non-hydrogen) atoms. The van der Waals surface area contributed by atoms with Crippen molar-refractivity contribution in [3.63, 3.8) is 0 Å².